The van der Waals surface area contributed by atoms with Gasteiger partial charge in [-0.25, -0.2) is 0 Å². The molecule has 136 valence electrons. The van der Waals surface area contributed by atoms with E-state index in [0.29, 0.717) is 13.0 Å². The highest BCUT2D eigenvalue weighted by Crippen LogP contribution is 2.14. The quantitative estimate of drug-likeness (QED) is 0.253. The maximum Gasteiger partial charge on any atom is 0.0645 e. The molecule has 23 heavy (non-hydrogen) atoms. The van der Waals surface area contributed by atoms with Crippen LogP contribution in [0.4, 0.5) is 0 Å². The van der Waals surface area contributed by atoms with Crippen molar-refractivity contribution in [2.24, 2.45) is 5.92 Å². The Labute approximate surface area is 146 Å². The number of nitrogens with zero attached hydrogens (tertiary/aromatic N) is 1. The van der Waals surface area contributed by atoms with Gasteiger partial charge in [0.2, 0.25) is 0 Å². The van der Waals surface area contributed by atoms with Gasteiger partial charge in [-0.3, -0.25) is 0 Å². The summed E-state index contributed by atoms with van der Waals surface area (Å²) in [4.78, 5) is 0. The van der Waals surface area contributed by atoms with E-state index in [-0.39, 0.29) is 0 Å². The van der Waals surface area contributed by atoms with Crippen LogP contribution in [0.2, 0.25) is 0 Å². The number of hydrogen-bond donors (Lipinski definition) is 0. The number of rotatable bonds is 18. The second kappa shape index (κ2) is 19.5. The van der Waals surface area contributed by atoms with Crippen molar-refractivity contribution >= 4 is 0 Å². The van der Waals surface area contributed by atoms with Gasteiger partial charge >= 0.3 is 0 Å². The molecule has 0 rings (SSSR count). The fraction of sp³-hybridized carbons (Fsp3) is 0.952. The minimum absolute atomic E-state index is 0.526. The van der Waals surface area contributed by atoms with Crippen LogP contribution in [-0.2, 0) is 4.74 Å². The summed E-state index contributed by atoms with van der Waals surface area (Å²) < 4.78 is 5.37. The summed E-state index contributed by atoms with van der Waals surface area (Å²) >= 11 is 0. The molecule has 0 atom stereocenters. The lowest BCUT2D eigenvalue weighted by Crippen LogP contribution is -1.95. The molecule has 0 amide bonds. The third-order valence-electron chi connectivity index (χ3n) is 4.43. The number of hydrogen-bond acceptors (Lipinski definition) is 2. The zero-order valence-electron chi connectivity index (χ0n) is 16.0. The standard InChI is InChI=1S/C21H41NO/c1-21(2)17-14-12-10-8-6-4-3-5-7-9-11-13-15-19-23-20-16-18-22/h21H,3-17,19-20H2,1-2H3. The van der Waals surface area contributed by atoms with Crippen molar-refractivity contribution < 1.29 is 4.74 Å². The van der Waals surface area contributed by atoms with Crippen LogP contribution in [-0.4, -0.2) is 13.2 Å². The molecule has 0 aliphatic carbocycles. The number of nitriles is 1. The van der Waals surface area contributed by atoms with Crippen LogP contribution in [0.1, 0.15) is 110 Å². The topological polar surface area (TPSA) is 33.0 Å². The normalized spacial score (nSPS) is 11.0. The third-order valence-corrected chi connectivity index (χ3v) is 4.43. The molecule has 0 aromatic heterocycles. The minimum atomic E-state index is 0.526. The molecule has 0 radical (unpaired) electrons. The molecule has 0 N–H and O–H groups in total. The smallest absolute Gasteiger partial charge is 0.0645 e. The van der Waals surface area contributed by atoms with Crippen molar-refractivity contribution in [1.82, 2.24) is 0 Å². The molecule has 0 unspecified atom stereocenters. The fourth-order valence-corrected chi connectivity index (χ4v) is 2.92. The van der Waals surface area contributed by atoms with E-state index in [0.717, 1.165) is 18.9 Å². The Morgan fingerprint density at radius 3 is 1.52 bits per heavy atom. The summed E-state index contributed by atoms with van der Waals surface area (Å²) in [6, 6.07) is 2.10. The molecule has 0 fully saturated rings. The van der Waals surface area contributed by atoms with E-state index in [4.69, 9.17) is 10.00 Å². The zero-order chi connectivity index (χ0) is 17.0. The third kappa shape index (κ3) is 21.5. The van der Waals surface area contributed by atoms with Gasteiger partial charge in [-0.05, 0) is 12.3 Å². The molecule has 0 aliphatic heterocycles. The Morgan fingerprint density at radius 1 is 0.652 bits per heavy atom. The van der Waals surface area contributed by atoms with Gasteiger partial charge in [-0.2, -0.15) is 5.26 Å². The van der Waals surface area contributed by atoms with Crippen molar-refractivity contribution in [3.63, 3.8) is 0 Å². The molecular formula is C21H41NO. The summed E-state index contributed by atoms with van der Waals surface area (Å²) in [5.74, 6) is 0.881. The van der Waals surface area contributed by atoms with E-state index < -0.39 is 0 Å². The summed E-state index contributed by atoms with van der Waals surface area (Å²) in [7, 11) is 0. The average Bonchev–Trinajstić information content (AvgIpc) is 2.53. The van der Waals surface area contributed by atoms with Crippen molar-refractivity contribution in [2.75, 3.05) is 13.2 Å². The molecule has 0 saturated heterocycles. The van der Waals surface area contributed by atoms with Crippen LogP contribution in [0, 0.1) is 17.2 Å². The molecule has 0 aromatic carbocycles. The fourth-order valence-electron chi connectivity index (χ4n) is 2.92. The van der Waals surface area contributed by atoms with Gasteiger partial charge in [-0.1, -0.05) is 97.3 Å². The SMILES string of the molecule is CC(C)CCCCCCCCCCCCCCCOCCC#N. The Morgan fingerprint density at radius 2 is 1.09 bits per heavy atom. The highest BCUT2D eigenvalue weighted by molar-refractivity contribution is 4.66. The molecule has 2 nitrogen and oxygen atoms in total. The maximum atomic E-state index is 8.38. The van der Waals surface area contributed by atoms with Gasteiger partial charge in [0.1, 0.15) is 0 Å². The van der Waals surface area contributed by atoms with Crippen molar-refractivity contribution in [3.8, 4) is 6.07 Å². The lowest BCUT2D eigenvalue weighted by Gasteiger charge is -2.05. The Balaban J connectivity index is 2.96. The van der Waals surface area contributed by atoms with Crippen molar-refractivity contribution in [1.29, 1.82) is 5.26 Å². The van der Waals surface area contributed by atoms with Crippen molar-refractivity contribution in [3.05, 3.63) is 0 Å². The Bertz CT molecular complexity index is 257. The largest absolute Gasteiger partial charge is 0.380 e. The molecule has 0 aliphatic rings. The van der Waals surface area contributed by atoms with Crippen LogP contribution < -0.4 is 0 Å². The first kappa shape index (κ1) is 22.4. The molecule has 0 bridgehead atoms. The molecule has 0 aromatic rings. The van der Waals surface area contributed by atoms with Crippen LogP contribution in [0.5, 0.6) is 0 Å². The number of unbranched alkanes of at least 4 members (excludes halogenated alkanes) is 12. The summed E-state index contributed by atoms with van der Waals surface area (Å²) in [5.41, 5.74) is 0. The van der Waals surface area contributed by atoms with Gasteiger partial charge in [0.15, 0.2) is 0 Å². The minimum Gasteiger partial charge on any atom is -0.380 e. The van der Waals surface area contributed by atoms with Gasteiger partial charge in [0.05, 0.1) is 19.1 Å². The summed E-state index contributed by atoms with van der Waals surface area (Å²) in [5, 5.41) is 8.38. The molecular weight excluding hydrogens is 282 g/mol. The monoisotopic (exact) mass is 323 g/mol. The van der Waals surface area contributed by atoms with Gasteiger partial charge in [0.25, 0.3) is 0 Å². The Kier molecular flexibility index (Phi) is 19.0. The highest BCUT2D eigenvalue weighted by Gasteiger charge is 1.96. The lowest BCUT2D eigenvalue weighted by atomic mass is 10.0. The first-order valence-electron chi connectivity index (χ1n) is 10.2. The van der Waals surface area contributed by atoms with Gasteiger partial charge < -0.3 is 4.74 Å². The van der Waals surface area contributed by atoms with Crippen LogP contribution >= 0.6 is 0 Å². The van der Waals surface area contributed by atoms with Crippen molar-refractivity contribution in [2.45, 2.75) is 110 Å². The molecule has 0 heterocycles. The maximum absolute atomic E-state index is 8.38. The average molecular weight is 324 g/mol. The second-order valence-electron chi connectivity index (χ2n) is 7.30. The molecule has 2 heteroatoms. The van der Waals surface area contributed by atoms with E-state index >= 15 is 0 Å². The summed E-state index contributed by atoms with van der Waals surface area (Å²) in [6.45, 7) is 6.09. The zero-order valence-corrected chi connectivity index (χ0v) is 16.0. The molecule has 0 saturated carbocycles. The van der Waals surface area contributed by atoms with E-state index in [2.05, 4.69) is 19.9 Å². The second-order valence-corrected chi connectivity index (χ2v) is 7.30. The van der Waals surface area contributed by atoms with Crippen LogP contribution in [0.15, 0.2) is 0 Å². The highest BCUT2D eigenvalue weighted by atomic mass is 16.5. The van der Waals surface area contributed by atoms with Gasteiger partial charge in [0, 0.05) is 6.61 Å². The lowest BCUT2D eigenvalue weighted by molar-refractivity contribution is 0.135. The first-order valence-corrected chi connectivity index (χ1v) is 10.2. The predicted octanol–water partition coefficient (Wildman–Crippen LogP) is 7.03. The van der Waals surface area contributed by atoms with Crippen LogP contribution in [0.3, 0.4) is 0 Å². The van der Waals surface area contributed by atoms with Gasteiger partial charge in [-0.15, -0.1) is 0 Å². The Hall–Kier alpha value is -0.550. The predicted molar refractivity (Wildman–Crippen MR) is 101 cm³/mol. The van der Waals surface area contributed by atoms with E-state index in [1.807, 2.05) is 0 Å². The molecule has 0 spiro atoms. The van der Waals surface area contributed by atoms with E-state index in [1.165, 1.54) is 83.5 Å². The first-order chi connectivity index (χ1) is 11.3. The number of ether oxygens (including phenoxy) is 1. The van der Waals surface area contributed by atoms with E-state index in [1.54, 1.807) is 0 Å². The van der Waals surface area contributed by atoms with Crippen LogP contribution in [0.25, 0.3) is 0 Å². The van der Waals surface area contributed by atoms with E-state index in [9.17, 15) is 0 Å². The summed E-state index contributed by atoms with van der Waals surface area (Å²) in [6.07, 6.45) is 20.0.